The Morgan fingerprint density at radius 3 is 2.65 bits per heavy atom. The van der Waals surface area contributed by atoms with Gasteiger partial charge in [-0.25, -0.2) is 4.79 Å². The summed E-state index contributed by atoms with van der Waals surface area (Å²) in [5, 5.41) is 4.08. The molecule has 2 N–H and O–H groups in total. The van der Waals surface area contributed by atoms with Gasteiger partial charge in [0.2, 0.25) is 5.91 Å². The van der Waals surface area contributed by atoms with Gasteiger partial charge in [-0.15, -0.1) is 0 Å². The highest BCUT2D eigenvalue weighted by Gasteiger charge is 2.21. The number of esters is 1. The molecule has 20 heavy (non-hydrogen) atoms. The van der Waals surface area contributed by atoms with Gasteiger partial charge in [0, 0.05) is 19.6 Å². The average Bonchev–Trinajstić information content (AvgIpc) is 2.70. The van der Waals surface area contributed by atoms with Crippen molar-refractivity contribution in [2.75, 3.05) is 13.2 Å². The van der Waals surface area contributed by atoms with Crippen LogP contribution in [0.4, 0.5) is 0 Å². The van der Waals surface area contributed by atoms with Crippen molar-refractivity contribution >= 4 is 11.9 Å². The molecule has 0 aliphatic heterocycles. The standard InChI is InChI=1S/C13H22N4O3/c1-5-20-13(19)10-6-15-16(4)11(10)7-17(9(2)3)8-12(14)18/h6,9H,5,7-8H2,1-4H3,(H2,14,18). The van der Waals surface area contributed by atoms with Crippen LogP contribution in [0.2, 0.25) is 0 Å². The molecule has 0 unspecified atom stereocenters. The smallest absolute Gasteiger partial charge is 0.341 e. The summed E-state index contributed by atoms with van der Waals surface area (Å²) in [6.45, 7) is 6.52. The third kappa shape index (κ3) is 4.06. The number of ether oxygens (including phenoxy) is 1. The molecule has 112 valence electrons. The molecule has 7 heteroatoms. The second-order valence-corrected chi connectivity index (χ2v) is 4.81. The van der Waals surface area contributed by atoms with Crippen LogP contribution >= 0.6 is 0 Å². The normalized spacial score (nSPS) is 11.1. The molecule has 0 fully saturated rings. The molecular formula is C13H22N4O3. The second-order valence-electron chi connectivity index (χ2n) is 4.81. The first kappa shape index (κ1) is 16.2. The highest BCUT2D eigenvalue weighted by atomic mass is 16.5. The molecule has 1 amide bonds. The summed E-state index contributed by atoms with van der Waals surface area (Å²) in [7, 11) is 1.75. The molecule has 1 aromatic heterocycles. The minimum absolute atomic E-state index is 0.118. The Morgan fingerprint density at radius 1 is 1.50 bits per heavy atom. The van der Waals surface area contributed by atoms with E-state index in [2.05, 4.69) is 5.10 Å². The van der Waals surface area contributed by atoms with E-state index in [0.717, 1.165) is 0 Å². The summed E-state index contributed by atoms with van der Waals surface area (Å²) >= 11 is 0. The van der Waals surface area contributed by atoms with Crippen molar-refractivity contribution in [3.05, 3.63) is 17.5 Å². The number of primary amides is 1. The number of hydrogen-bond donors (Lipinski definition) is 1. The van der Waals surface area contributed by atoms with Crippen LogP contribution in [0, 0.1) is 0 Å². The van der Waals surface area contributed by atoms with Crippen LogP contribution < -0.4 is 5.73 Å². The molecule has 7 nitrogen and oxygen atoms in total. The summed E-state index contributed by atoms with van der Waals surface area (Å²) in [5.74, 6) is -0.808. The third-order valence-electron chi connectivity index (χ3n) is 3.00. The van der Waals surface area contributed by atoms with E-state index in [0.29, 0.717) is 24.4 Å². The van der Waals surface area contributed by atoms with E-state index in [1.54, 1.807) is 18.7 Å². The number of rotatable bonds is 7. The lowest BCUT2D eigenvalue weighted by molar-refractivity contribution is -0.119. The van der Waals surface area contributed by atoms with Crippen LogP contribution in [-0.4, -0.2) is 45.8 Å². The number of hydrogen-bond acceptors (Lipinski definition) is 5. The molecule has 0 aromatic carbocycles. The van der Waals surface area contributed by atoms with Crippen molar-refractivity contribution in [2.24, 2.45) is 12.8 Å². The minimum Gasteiger partial charge on any atom is -0.462 e. The zero-order valence-corrected chi connectivity index (χ0v) is 12.4. The van der Waals surface area contributed by atoms with Crippen LogP contribution in [0.25, 0.3) is 0 Å². The van der Waals surface area contributed by atoms with Crippen LogP contribution in [-0.2, 0) is 23.1 Å². The van der Waals surface area contributed by atoms with Crippen molar-refractivity contribution in [1.29, 1.82) is 0 Å². The van der Waals surface area contributed by atoms with E-state index < -0.39 is 11.9 Å². The van der Waals surface area contributed by atoms with Gasteiger partial charge in [0.1, 0.15) is 5.56 Å². The first-order valence-electron chi connectivity index (χ1n) is 6.57. The Kier molecular flexibility index (Phi) is 5.69. The SMILES string of the molecule is CCOC(=O)c1cnn(C)c1CN(CC(N)=O)C(C)C. The molecule has 0 saturated carbocycles. The van der Waals surface area contributed by atoms with E-state index in [1.807, 2.05) is 18.7 Å². The van der Waals surface area contributed by atoms with E-state index in [9.17, 15) is 9.59 Å². The average molecular weight is 282 g/mol. The van der Waals surface area contributed by atoms with Crippen molar-refractivity contribution in [3.8, 4) is 0 Å². The van der Waals surface area contributed by atoms with Gasteiger partial charge in [-0.2, -0.15) is 5.10 Å². The number of aromatic nitrogens is 2. The topological polar surface area (TPSA) is 90.4 Å². The van der Waals surface area contributed by atoms with E-state index in [4.69, 9.17) is 10.5 Å². The van der Waals surface area contributed by atoms with Crippen LogP contribution in [0.15, 0.2) is 6.20 Å². The number of carbonyl (C=O) groups excluding carboxylic acids is 2. The number of aryl methyl sites for hydroxylation is 1. The maximum Gasteiger partial charge on any atom is 0.341 e. The van der Waals surface area contributed by atoms with Gasteiger partial charge in [-0.1, -0.05) is 0 Å². The number of amides is 1. The minimum atomic E-state index is -0.404. The monoisotopic (exact) mass is 282 g/mol. The predicted molar refractivity (Wildman–Crippen MR) is 73.9 cm³/mol. The quantitative estimate of drug-likeness (QED) is 0.726. The first-order valence-corrected chi connectivity index (χ1v) is 6.57. The fourth-order valence-electron chi connectivity index (χ4n) is 1.84. The zero-order chi connectivity index (χ0) is 15.3. The number of nitrogens with zero attached hydrogens (tertiary/aromatic N) is 3. The molecule has 0 bridgehead atoms. The Morgan fingerprint density at radius 2 is 2.15 bits per heavy atom. The van der Waals surface area contributed by atoms with Gasteiger partial charge in [0.05, 0.1) is 25.0 Å². The Balaban J connectivity index is 2.97. The van der Waals surface area contributed by atoms with Crippen LogP contribution in [0.3, 0.4) is 0 Å². The molecule has 0 saturated heterocycles. The molecule has 1 aromatic rings. The molecular weight excluding hydrogens is 260 g/mol. The molecule has 0 atom stereocenters. The maximum absolute atomic E-state index is 11.9. The van der Waals surface area contributed by atoms with E-state index in [-0.39, 0.29) is 12.6 Å². The Hall–Kier alpha value is -1.89. The number of nitrogens with two attached hydrogens (primary N) is 1. The van der Waals surface area contributed by atoms with E-state index in [1.165, 1.54) is 6.20 Å². The fraction of sp³-hybridized carbons (Fsp3) is 0.615. The van der Waals surface area contributed by atoms with Crippen molar-refractivity contribution in [3.63, 3.8) is 0 Å². The van der Waals surface area contributed by atoms with Crippen LogP contribution in [0.1, 0.15) is 36.8 Å². The van der Waals surface area contributed by atoms with Gasteiger partial charge in [-0.3, -0.25) is 14.4 Å². The molecule has 0 radical (unpaired) electrons. The summed E-state index contributed by atoms with van der Waals surface area (Å²) in [4.78, 5) is 24.9. The Bertz CT molecular complexity index is 482. The van der Waals surface area contributed by atoms with Crippen molar-refractivity contribution in [2.45, 2.75) is 33.4 Å². The maximum atomic E-state index is 11.9. The highest BCUT2D eigenvalue weighted by molar-refractivity contribution is 5.90. The molecule has 0 spiro atoms. The van der Waals surface area contributed by atoms with Gasteiger partial charge in [-0.05, 0) is 20.8 Å². The first-order chi connectivity index (χ1) is 9.36. The summed E-state index contributed by atoms with van der Waals surface area (Å²) < 4.78 is 6.62. The summed E-state index contributed by atoms with van der Waals surface area (Å²) in [6.07, 6.45) is 1.48. The lowest BCUT2D eigenvalue weighted by atomic mass is 10.2. The van der Waals surface area contributed by atoms with Gasteiger partial charge >= 0.3 is 5.97 Å². The van der Waals surface area contributed by atoms with Crippen LogP contribution in [0.5, 0.6) is 0 Å². The molecule has 0 aliphatic carbocycles. The molecule has 0 aliphatic rings. The summed E-state index contributed by atoms with van der Waals surface area (Å²) in [6, 6.07) is 0.118. The fourth-order valence-corrected chi connectivity index (χ4v) is 1.84. The van der Waals surface area contributed by atoms with Gasteiger partial charge in [0.25, 0.3) is 0 Å². The summed E-state index contributed by atoms with van der Waals surface area (Å²) in [5.41, 5.74) is 6.38. The zero-order valence-electron chi connectivity index (χ0n) is 12.4. The predicted octanol–water partition coefficient (Wildman–Crippen LogP) is 0.293. The number of carbonyl (C=O) groups is 2. The Labute approximate surface area is 118 Å². The molecule has 1 heterocycles. The molecule has 1 rings (SSSR count). The lowest BCUT2D eigenvalue weighted by Crippen LogP contribution is -2.38. The highest BCUT2D eigenvalue weighted by Crippen LogP contribution is 2.14. The van der Waals surface area contributed by atoms with Gasteiger partial charge < -0.3 is 10.5 Å². The van der Waals surface area contributed by atoms with Gasteiger partial charge in [0.15, 0.2) is 0 Å². The van der Waals surface area contributed by atoms with Crippen molar-refractivity contribution < 1.29 is 14.3 Å². The van der Waals surface area contributed by atoms with Crippen molar-refractivity contribution in [1.82, 2.24) is 14.7 Å². The van der Waals surface area contributed by atoms with E-state index >= 15 is 0 Å². The largest absolute Gasteiger partial charge is 0.462 e. The third-order valence-corrected chi connectivity index (χ3v) is 3.00. The second kappa shape index (κ2) is 7.04. The lowest BCUT2D eigenvalue weighted by Gasteiger charge is -2.25.